The van der Waals surface area contributed by atoms with Crippen molar-refractivity contribution in [3.8, 4) is 11.4 Å². The van der Waals surface area contributed by atoms with Crippen LogP contribution in [0.15, 0.2) is 39.6 Å². The van der Waals surface area contributed by atoms with Crippen molar-refractivity contribution in [1.29, 1.82) is 0 Å². The van der Waals surface area contributed by atoms with Crippen molar-refractivity contribution >= 4 is 38.7 Å². The number of rotatable bonds is 2. The summed E-state index contributed by atoms with van der Waals surface area (Å²) in [5.74, 6) is 0.986. The average molecular weight is 454 g/mol. The van der Waals surface area contributed by atoms with Gasteiger partial charge in [0, 0.05) is 37.5 Å². The van der Waals surface area contributed by atoms with Crippen molar-refractivity contribution in [3.05, 3.63) is 52.1 Å². The number of nitrogens with one attached hydrogen (secondary N) is 2. The van der Waals surface area contributed by atoms with Crippen molar-refractivity contribution in [1.82, 2.24) is 30.2 Å². The van der Waals surface area contributed by atoms with Gasteiger partial charge < -0.3 is 14.7 Å². The highest BCUT2D eigenvalue weighted by atomic mass is 79.9. The molecule has 3 aromatic heterocycles. The molecule has 1 aliphatic heterocycles. The van der Waals surface area contributed by atoms with E-state index in [0.29, 0.717) is 36.1 Å². The van der Waals surface area contributed by atoms with E-state index in [1.807, 2.05) is 24.3 Å². The SMILES string of the molecule is Cc1nc(-c2cccc(NC(=O)N3CCc4c(cnc5n[nH]c(Br)c45)C3)c2)no1. The minimum absolute atomic E-state index is 0.163. The number of nitrogens with zero attached hydrogens (tertiary/aromatic N) is 5. The van der Waals surface area contributed by atoms with Gasteiger partial charge in [-0.2, -0.15) is 10.1 Å². The lowest BCUT2D eigenvalue weighted by Gasteiger charge is -2.29. The van der Waals surface area contributed by atoms with Crippen LogP contribution in [-0.4, -0.2) is 42.8 Å². The van der Waals surface area contributed by atoms with Crippen molar-refractivity contribution in [2.75, 3.05) is 11.9 Å². The van der Waals surface area contributed by atoms with Gasteiger partial charge in [0.2, 0.25) is 11.7 Å². The van der Waals surface area contributed by atoms with Crippen LogP contribution in [0.3, 0.4) is 0 Å². The fourth-order valence-corrected chi connectivity index (χ4v) is 4.04. The van der Waals surface area contributed by atoms with Crippen LogP contribution in [0.25, 0.3) is 22.4 Å². The molecule has 0 bridgehead atoms. The molecule has 1 aliphatic rings. The zero-order chi connectivity index (χ0) is 20.0. The predicted octanol–water partition coefficient (Wildman–Crippen LogP) is 3.67. The Hall–Kier alpha value is -3.27. The molecule has 0 spiro atoms. The number of fused-ring (bicyclic) bond motifs is 3. The van der Waals surface area contributed by atoms with E-state index in [2.05, 4.69) is 46.6 Å². The number of aryl methyl sites for hydroxylation is 1. The van der Waals surface area contributed by atoms with Gasteiger partial charge in [-0.05, 0) is 45.6 Å². The van der Waals surface area contributed by atoms with Gasteiger partial charge in [-0.1, -0.05) is 17.3 Å². The predicted molar refractivity (Wildman–Crippen MR) is 109 cm³/mol. The van der Waals surface area contributed by atoms with Crippen LogP contribution in [0.5, 0.6) is 0 Å². The summed E-state index contributed by atoms with van der Waals surface area (Å²) in [6.45, 7) is 2.84. The van der Waals surface area contributed by atoms with Gasteiger partial charge in [0.25, 0.3) is 0 Å². The minimum Gasteiger partial charge on any atom is -0.339 e. The number of carbonyl (C=O) groups is 1. The molecule has 0 unspecified atom stereocenters. The second-order valence-electron chi connectivity index (χ2n) is 6.82. The molecule has 4 heterocycles. The summed E-state index contributed by atoms with van der Waals surface area (Å²) in [7, 11) is 0. The number of halogens is 1. The number of hydrogen-bond acceptors (Lipinski definition) is 6. The van der Waals surface area contributed by atoms with Gasteiger partial charge in [0.05, 0.1) is 5.39 Å². The third kappa shape index (κ3) is 3.25. The smallest absolute Gasteiger partial charge is 0.322 e. The quantitative estimate of drug-likeness (QED) is 0.478. The van der Waals surface area contributed by atoms with Gasteiger partial charge in [-0.15, -0.1) is 0 Å². The highest BCUT2D eigenvalue weighted by molar-refractivity contribution is 9.10. The van der Waals surface area contributed by atoms with Crippen LogP contribution < -0.4 is 5.32 Å². The number of aromatic nitrogens is 5. The van der Waals surface area contributed by atoms with E-state index in [1.165, 1.54) is 5.56 Å². The van der Waals surface area contributed by atoms with Crippen LogP contribution in [-0.2, 0) is 13.0 Å². The molecule has 0 atom stereocenters. The number of H-pyrrole nitrogens is 1. The van der Waals surface area contributed by atoms with Crippen molar-refractivity contribution in [2.45, 2.75) is 19.9 Å². The molecule has 2 amide bonds. The number of anilines is 1. The largest absolute Gasteiger partial charge is 0.339 e. The van der Waals surface area contributed by atoms with Gasteiger partial charge in [-0.3, -0.25) is 5.10 Å². The van der Waals surface area contributed by atoms with E-state index in [4.69, 9.17) is 4.52 Å². The van der Waals surface area contributed by atoms with Crippen LogP contribution in [0.1, 0.15) is 17.0 Å². The second-order valence-corrected chi connectivity index (χ2v) is 7.61. The summed E-state index contributed by atoms with van der Waals surface area (Å²) >= 11 is 3.49. The number of urea groups is 1. The lowest BCUT2D eigenvalue weighted by molar-refractivity contribution is 0.206. The lowest BCUT2D eigenvalue weighted by atomic mass is 9.99. The van der Waals surface area contributed by atoms with Crippen LogP contribution in [0, 0.1) is 6.92 Å². The first-order valence-corrected chi connectivity index (χ1v) is 9.85. The maximum atomic E-state index is 12.8. The number of hydrogen-bond donors (Lipinski definition) is 2. The molecule has 0 fully saturated rings. The van der Waals surface area contributed by atoms with E-state index in [0.717, 1.165) is 27.5 Å². The fraction of sp³-hybridized carbons (Fsp3) is 0.211. The highest BCUT2D eigenvalue weighted by Crippen LogP contribution is 2.30. The molecule has 0 saturated carbocycles. The summed E-state index contributed by atoms with van der Waals surface area (Å²) in [6.07, 6.45) is 2.53. The first-order chi connectivity index (χ1) is 14.1. The van der Waals surface area contributed by atoms with E-state index in [1.54, 1.807) is 18.0 Å². The molecule has 5 rings (SSSR count). The van der Waals surface area contributed by atoms with E-state index in [9.17, 15) is 4.79 Å². The number of aromatic amines is 1. The third-order valence-electron chi connectivity index (χ3n) is 4.91. The number of benzene rings is 1. The van der Waals surface area contributed by atoms with Gasteiger partial charge in [0.15, 0.2) is 5.65 Å². The first kappa shape index (κ1) is 17.8. The Bertz CT molecular complexity index is 1230. The Morgan fingerprint density at radius 1 is 1.38 bits per heavy atom. The number of amides is 2. The summed E-state index contributed by atoms with van der Waals surface area (Å²) in [4.78, 5) is 23.2. The van der Waals surface area contributed by atoms with E-state index in [-0.39, 0.29) is 6.03 Å². The minimum atomic E-state index is -0.163. The topological polar surface area (TPSA) is 113 Å². The normalized spacial score (nSPS) is 13.5. The Morgan fingerprint density at radius 2 is 2.28 bits per heavy atom. The average Bonchev–Trinajstić information content (AvgIpc) is 3.34. The maximum Gasteiger partial charge on any atom is 0.322 e. The molecule has 10 heteroatoms. The van der Waals surface area contributed by atoms with Crippen LogP contribution in [0.2, 0.25) is 0 Å². The highest BCUT2D eigenvalue weighted by Gasteiger charge is 2.24. The molecule has 29 heavy (non-hydrogen) atoms. The molecule has 0 saturated heterocycles. The van der Waals surface area contributed by atoms with Gasteiger partial charge >= 0.3 is 6.03 Å². The molecular formula is C19H16BrN7O2. The number of pyridine rings is 1. The first-order valence-electron chi connectivity index (χ1n) is 9.05. The summed E-state index contributed by atoms with van der Waals surface area (Å²) in [5, 5.41) is 15.0. The van der Waals surface area contributed by atoms with Gasteiger partial charge in [0.1, 0.15) is 4.60 Å². The van der Waals surface area contributed by atoms with Crippen molar-refractivity contribution in [3.63, 3.8) is 0 Å². The Morgan fingerprint density at radius 3 is 3.10 bits per heavy atom. The zero-order valence-electron chi connectivity index (χ0n) is 15.4. The molecule has 0 radical (unpaired) electrons. The second kappa shape index (κ2) is 6.96. The summed E-state index contributed by atoms with van der Waals surface area (Å²) in [6, 6.07) is 7.22. The fourth-order valence-electron chi connectivity index (χ4n) is 3.53. The lowest BCUT2D eigenvalue weighted by Crippen LogP contribution is -2.39. The van der Waals surface area contributed by atoms with Crippen molar-refractivity contribution < 1.29 is 9.32 Å². The number of carbonyl (C=O) groups excluding carboxylic acids is 1. The molecule has 146 valence electrons. The standard InChI is InChI=1S/C19H16BrN7O2/c1-10-22-17(26-29-10)11-3-2-4-13(7-11)23-19(28)27-6-5-14-12(9-27)8-21-18-15(14)16(20)24-25-18/h2-4,7-8H,5-6,9H2,1H3,(H,23,28)(H,21,24,25). The van der Waals surface area contributed by atoms with E-state index >= 15 is 0 Å². The Balaban J connectivity index is 1.35. The van der Waals surface area contributed by atoms with Crippen LogP contribution >= 0.6 is 15.9 Å². The third-order valence-corrected chi connectivity index (χ3v) is 5.49. The molecule has 4 aromatic rings. The van der Waals surface area contributed by atoms with E-state index < -0.39 is 0 Å². The molecule has 9 nitrogen and oxygen atoms in total. The molecule has 1 aromatic carbocycles. The Labute approximate surface area is 173 Å². The Kier molecular flexibility index (Phi) is 4.27. The molecule has 0 aliphatic carbocycles. The van der Waals surface area contributed by atoms with Gasteiger partial charge in [-0.25, -0.2) is 9.78 Å². The summed E-state index contributed by atoms with van der Waals surface area (Å²) in [5.41, 5.74) is 4.33. The zero-order valence-corrected chi connectivity index (χ0v) is 17.0. The monoisotopic (exact) mass is 453 g/mol. The molecular weight excluding hydrogens is 438 g/mol. The van der Waals surface area contributed by atoms with Crippen molar-refractivity contribution in [2.24, 2.45) is 0 Å². The van der Waals surface area contributed by atoms with Crippen LogP contribution in [0.4, 0.5) is 10.5 Å². The summed E-state index contributed by atoms with van der Waals surface area (Å²) < 4.78 is 5.85. The molecule has 2 N–H and O–H groups in total. The maximum absolute atomic E-state index is 12.8.